The number of hydrogen-bond donors (Lipinski definition) is 1. The van der Waals surface area contributed by atoms with Gasteiger partial charge in [0.25, 0.3) is 0 Å². The van der Waals surface area contributed by atoms with E-state index in [2.05, 4.69) is 0 Å². The van der Waals surface area contributed by atoms with E-state index in [9.17, 15) is 9.90 Å². The first-order valence-electron chi connectivity index (χ1n) is 7.44. The molecule has 1 fully saturated rings. The summed E-state index contributed by atoms with van der Waals surface area (Å²) in [5, 5.41) is 9.89. The highest BCUT2D eigenvalue weighted by Crippen LogP contribution is 2.48. The number of benzene rings is 1. The SMILES string of the molecule is COc1c(C2(C(=O)O)CCCCC2)cc(C)c(C)c1OC. The number of carbonyl (C=O) groups is 1. The molecular weight excluding hydrogens is 268 g/mol. The molecule has 4 heteroatoms. The molecule has 0 amide bonds. The summed E-state index contributed by atoms with van der Waals surface area (Å²) in [6, 6.07) is 1.97. The van der Waals surface area contributed by atoms with E-state index in [1.165, 1.54) is 0 Å². The second-order valence-electron chi connectivity index (χ2n) is 5.88. The molecule has 0 unspecified atom stereocenters. The van der Waals surface area contributed by atoms with Crippen molar-refractivity contribution >= 4 is 5.97 Å². The van der Waals surface area contributed by atoms with Crippen LogP contribution in [0.25, 0.3) is 0 Å². The summed E-state index contributed by atoms with van der Waals surface area (Å²) in [6.07, 6.45) is 4.28. The highest BCUT2D eigenvalue weighted by atomic mass is 16.5. The molecule has 21 heavy (non-hydrogen) atoms. The highest BCUT2D eigenvalue weighted by molar-refractivity contribution is 5.83. The van der Waals surface area contributed by atoms with Crippen LogP contribution < -0.4 is 9.47 Å². The molecule has 1 aliphatic rings. The van der Waals surface area contributed by atoms with Crippen molar-refractivity contribution in [2.45, 2.75) is 51.4 Å². The number of carboxylic acids is 1. The van der Waals surface area contributed by atoms with Gasteiger partial charge in [-0.1, -0.05) is 25.3 Å². The Morgan fingerprint density at radius 2 is 1.67 bits per heavy atom. The zero-order valence-electron chi connectivity index (χ0n) is 13.3. The van der Waals surface area contributed by atoms with Crippen molar-refractivity contribution in [3.8, 4) is 11.5 Å². The molecule has 0 radical (unpaired) electrons. The summed E-state index contributed by atoms with van der Waals surface area (Å²) in [5.41, 5.74) is 1.94. The van der Waals surface area contributed by atoms with Crippen LogP contribution in [0.3, 0.4) is 0 Å². The third-order valence-electron chi connectivity index (χ3n) is 4.78. The second kappa shape index (κ2) is 5.96. The van der Waals surface area contributed by atoms with Gasteiger partial charge in [-0.25, -0.2) is 0 Å². The third-order valence-corrected chi connectivity index (χ3v) is 4.78. The molecule has 0 bridgehead atoms. The van der Waals surface area contributed by atoms with Gasteiger partial charge in [0.1, 0.15) is 0 Å². The van der Waals surface area contributed by atoms with Crippen molar-refractivity contribution < 1.29 is 19.4 Å². The molecule has 116 valence electrons. The number of carboxylic acid groups (broad SMARTS) is 1. The second-order valence-corrected chi connectivity index (χ2v) is 5.88. The van der Waals surface area contributed by atoms with Crippen LogP contribution in [0.5, 0.6) is 11.5 Å². The molecule has 0 aromatic heterocycles. The van der Waals surface area contributed by atoms with E-state index in [0.717, 1.165) is 36.0 Å². The van der Waals surface area contributed by atoms with Gasteiger partial charge in [-0.15, -0.1) is 0 Å². The summed E-state index contributed by atoms with van der Waals surface area (Å²) in [4.78, 5) is 12.0. The Morgan fingerprint density at radius 3 is 2.14 bits per heavy atom. The average molecular weight is 292 g/mol. The topological polar surface area (TPSA) is 55.8 Å². The van der Waals surface area contributed by atoms with Crippen molar-refractivity contribution in [2.75, 3.05) is 14.2 Å². The van der Waals surface area contributed by atoms with E-state index in [-0.39, 0.29) is 0 Å². The lowest BCUT2D eigenvalue weighted by molar-refractivity contribution is -0.145. The summed E-state index contributed by atoms with van der Waals surface area (Å²) >= 11 is 0. The van der Waals surface area contributed by atoms with E-state index >= 15 is 0 Å². The first kappa shape index (κ1) is 15.7. The van der Waals surface area contributed by atoms with E-state index in [0.29, 0.717) is 24.3 Å². The summed E-state index contributed by atoms with van der Waals surface area (Å²) in [7, 11) is 3.18. The van der Waals surface area contributed by atoms with E-state index < -0.39 is 11.4 Å². The Hall–Kier alpha value is -1.71. The predicted octanol–water partition coefficient (Wildman–Crippen LogP) is 3.61. The first-order valence-corrected chi connectivity index (χ1v) is 7.44. The fraction of sp³-hybridized carbons (Fsp3) is 0.588. The minimum absolute atomic E-state index is 0.574. The van der Waals surface area contributed by atoms with Gasteiger partial charge in [-0.05, 0) is 37.8 Å². The van der Waals surface area contributed by atoms with Gasteiger partial charge in [0.05, 0.1) is 19.6 Å². The molecule has 2 rings (SSSR count). The fourth-order valence-electron chi connectivity index (χ4n) is 3.42. The molecule has 1 N–H and O–H groups in total. The van der Waals surface area contributed by atoms with Gasteiger partial charge in [0.2, 0.25) is 0 Å². The summed E-state index contributed by atoms with van der Waals surface area (Å²) < 4.78 is 11.0. The monoisotopic (exact) mass is 292 g/mol. The maximum atomic E-state index is 12.0. The Kier molecular flexibility index (Phi) is 4.45. The number of hydrogen-bond acceptors (Lipinski definition) is 3. The molecule has 1 saturated carbocycles. The van der Waals surface area contributed by atoms with E-state index in [4.69, 9.17) is 9.47 Å². The lowest BCUT2D eigenvalue weighted by atomic mass is 9.68. The maximum Gasteiger partial charge on any atom is 0.314 e. The van der Waals surface area contributed by atoms with Gasteiger partial charge in [-0.3, -0.25) is 4.79 Å². The van der Waals surface area contributed by atoms with Crippen LogP contribution in [0.2, 0.25) is 0 Å². The lowest BCUT2D eigenvalue weighted by Crippen LogP contribution is -2.38. The van der Waals surface area contributed by atoms with Gasteiger partial charge < -0.3 is 14.6 Å². The zero-order chi connectivity index (χ0) is 15.6. The average Bonchev–Trinajstić information content (AvgIpc) is 2.49. The number of ether oxygens (including phenoxy) is 2. The number of aliphatic carboxylic acids is 1. The van der Waals surface area contributed by atoms with Crippen LogP contribution >= 0.6 is 0 Å². The lowest BCUT2D eigenvalue weighted by Gasteiger charge is -2.35. The summed E-state index contributed by atoms with van der Waals surface area (Å²) in [5.74, 6) is 0.467. The molecule has 1 aromatic rings. The molecular formula is C17H24O4. The minimum Gasteiger partial charge on any atom is -0.493 e. The normalized spacial score (nSPS) is 17.3. The van der Waals surface area contributed by atoms with Crippen LogP contribution in [0, 0.1) is 13.8 Å². The predicted molar refractivity (Wildman–Crippen MR) is 81.4 cm³/mol. The Labute approximate surface area is 126 Å². The molecule has 0 heterocycles. The third kappa shape index (κ3) is 2.47. The molecule has 1 aromatic carbocycles. The zero-order valence-corrected chi connectivity index (χ0v) is 13.3. The number of rotatable bonds is 4. The van der Waals surface area contributed by atoms with Gasteiger partial charge in [0, 0.05) is 5.56 Å². The Balaban J connectivity index is 2.71. The van der Waals surface area contributed by atoms with Crippen LogP contribution in [0.1, 0.15) is 48.8 Å². The molecule has 1 aliphatic carbocycles. The number of aryl methyl sites for hydroxylation is 1. The first-order chi connectivity index (χ1) is 9.97. The van der Waals surface area contributed by atoms with Crippen LogP contribution in [-0.2, 0) is 10.2 Å². The van der Waals surface area contributed by atoms with Gasteiger partial charge in [-0.2, -0.15) is 0 Å². The largest absolute Gasteiger partial charge is 0.493 e. The van der Waals surface area contributed by atoms with Crippen LogP contribution in [-0.4, -0.2) is 25.3 Å². The van der Waals surface area contributed by atoms with Crippen molar-refractivity contribution in [3.63, 3.8) is 0 Å². The molecule has 4 nitrogen and oxygen atoms in total. The molecule has 0 saturated heterocycles. The van der Waals surface area contributed by atoms with Crippen molar-refractivity contribution in [3.05, 3.63) is 22.8 Å². The van der Waals surface area contributed by atoms with Crippen LogP contribution in [0.4, 0.5) is 0 Å². The maximum absolute atomic E-state index is 12.0. The van der Waals surface area contributed by atoms with Crippen molar-refractivity contribution in [1.82, 2.24) is 0 Å². The molecule has 0 atom stereocenters. The smallest absolute Gasteiger partial charge is 0.314 e. The highest BCUT2D eigenvalue weighted by Gasteiger charge is 2.44. The quantitative estimate of drug-likeness (QED) is 0.921. The number of methoxy groups -OCH3 is 2. The standard InChI is InChI=1S/C17H24O4/c1-11-10-13(15(21-4)14(20-3)12(11)2)17(16(18)19)8-6-5-7-9-17/h10H,5-9H2,1-4H3,(H,18,19). The van der Waals surface area contributed by atoms with E-state index in [1.807, 2.05) is 19.9 Å². The fourth-order valence-corrected chi connectivity index (χ4v) is 3.42. The van der Waals surface area contributed by atoms with Gasteiger partial charge >= 0.3 is 5.97 Å². The Bertz CT molecular complexity index is 542. The van der Waals surface area contributed by atoms with Gasteiger partial charge in [0.15, 0.2) is 11.5 Å². The minimum atomic E-state index is -0.852. The summed E-state index contributed by atoms with van der Waals surface area (Å²) in [6.45, 7) is 3.95. The van der Waals surface area contributed by atoms with Crippen molar-refractivity contribution in [1.29, 1.82) is 0 Å². The molecule has 0 aliphatic heterocycles. The van der Waals surface area contributed by atoms with E-state index in [1.54, 1.807) is 14.2 Å². The molecule has 0 spiro atoms. The Morgan fingerprint density at radius 1 is 1.10 bits per heavy atom. The van der Waals surface area contributed by atoms with Crippen molar-refractivity contribution in [2.24, 2.45) is 0 Å². The van der Waals surface area contributed by atoms with Crippen LogP contribution in [0.15, 0.2) is 6.07 Å².